The van der Waals surface area contributed by atoms with E-state index in [0.717, 1.165) is 44.0 Å². The molecule has 0 bridgehead atoms. The van der Waals surface area contributed by atoms with E-state index < -0.39 is 0 Å². The summed E-state index contributed by atoms with van der Waals surface area (Å²) in [7, 11) is 0. The van der Waals surface area contributed by atoms with E-state index in [1.807, 2.05) is 24.4 Å². The summed E-state index contributed by atoms with van der Waals surface area (Å²) in [5.74, 6) is 2.11. The van der Waals surface area contributed by atoms with Crippen molar-refractivity contribution in [2.24, 2.45) is 0 Å². The highest BCUT2D eigenvalue weighted by molar-refractivity contribution is 5.43. The second-order valence-corrected chi connectivity index (χ2v) is 6.61. The second kappa shape index (κ2) is 8.60. The molecule has 0 unspecified atom stereocenters. The number of aromatic nitrogens is 4. The molecule has 0 spiro atoms. The van der Waals surface area contributed by atoms with Gasteiger partial charge in [-0.1, -0.05) is 18.2 Å². The largest absolute Gasteiger partial charge is 0.368 e. The summed E-state index contributed by atoms with van der Waals surface area (Å²) in [6, 6.07) is 12.5. The van der Waals surface area contributed by atoms with Gasteiger partial charge >= 0.3 is 0 Å². The molecule has 1 aliphatic rings. The molecular weight excluding hydrogens is 357 g/mol. The predicted octanol–water partition coefficient (Wildman–Crippen LogP) is 2.39. The van der Waals surface area contributed by atoms with Gasteiger partial charge in [0.2, 0.25) is 5.95 Å². The van der Waals surface area contributed by atoms with Crippen molar-refractivity contribution in [2.45, 2.75) is 6.42 Å². The van der Waals surface area contributed by atoms with E-state index in [1.54, 1.807) is 18.3 Å². The highest BCUT2D eigenvalue weighted by atomic mass is 19.1. The van der Waals surface area contributed by atoms with Crippen LogP contribution in [-0.4, -0.2) is 52.9 Å². The maximum Gasteiger partial charge on any atom is 0.247 e. The average Bonchev–Trinajstić information content (AvgIpc) is 2.76. The van der Waals surface area contributed by atoms with Gasteiger partial charge in [0, 0.05) is 38.9 Å². The molecule has 4 rings (SSSR count). The van der Waals surface area contributed by atoms with Crippen molar-refractivity contribution in [3.8, 4) is 0 Å². The third-order valence-corrected chi connectivity index (χ3v) is 4.72. The molecule has 28 heavy (non-hydrogen) atoms. The Balaban J connectivity index is 1.31. The SMILES string of the molecule is Fc1ccc(CCNc2cnnc(N3CCN(c4ccccn4)CC3)n2)cc1. The topological polar surface area (TPSA) is 70.1 Å². The molecule has 8 heteroatoms. The molecule has 0 aliphatic carbocycles. The van der Waals surface area contributed by atoms with Gasteiger partial charge < -0.3 is 15.1 Å². The maximum absolute atomic E-state index is 13.0. The Morgan fingerprint density at radius 1 is 0.964 bits per heavy atom. The Bertz CT molecular complexity index is 881. The fourth-order valence-corrected chi connectivity index (χ4v) is 3.18. The zero-order chi connectivity index (χ0) is 19.2. The quantitative estimate of drug-likeness (QED) is 0.705. The number of piperazine rings is 1. The lowest BCUT2D eigenvalue weighted by molar-refractivity contribution is 0.627. The number of hydrogen-bond donors (Lipinski definition) is 1. The number of nitrogens with one attached hydrogen (secondary N) is 1. The molecule has 0 saturated carbocycles. The summed E-state index contributed by atoms with van der Waals surface area (Å²) < 4.78 is 13.0. The van der Waals surface area contributed by atoms with Gasteiger partial charge in [0.1, 0.15) is 11.6 Å². The Labute approximate surface area is 163 Å². The normalized spacial score (nSPS) is 14.2. The third kappa shape index (κ3) is 4.51. The van der Waals surface area contributed by atoms with Crippen molar-refractivity contribution in [1.82, 2.24) is 20.2 Å². The lowest BCUT2D eigenvalue weighted by Gasteiger charge is -2.35. The molecule has 3 heterocycles. The first-order valence-electron chi connectivity index (χ1n) is 9.37. The van der Waals surface area contributed by atoms with Gasteiger partial charge in [0.25, 0.3) is 0 Å². The standard InChI is InChI=1S/C20H22FN7/c21-17-6-4-16(5-7-17)8-10-22-18-15-24-26-20(25-18)28-13-11-27(12-14-28)19-3-1-2-9-23-19/h1-7,9,15H,8,10-14H2,(H,22,25,26). The van der Waals surface area contributed by atoms with E-state index in [9.17, 15) is 4.39 Å². The zero-order valence-corrected chi connectivity index (χ0v) is 15.5. The molecule has 1 aliphatic heterocycles. The van der Waals surface area contributed by atoms with Crippen molar-refractivity contribution >= 4 is 17.6 Å². The van der Waals surface area contributed by atoms with E-state index in [0.29, 0.717) is 18.3 Å². The number of halogens is 1. The first-order valence-corrected chi connectivity index (χ1v) is 9.37. The Morgan fingerprint density at radius 2 is 1.75 bits per heavy atom. The number of rotatable bonds is 6. The summed E-state index contributed by atoms with van der Waals surface area (Å²) >= 11 is 0. The van der Waals surface area contributed by atoms with E-state index in [-0.39, 0.29) is 5.82 Å². The van der Waals surface area contributed by atoms with Gasteiger partial charge in [-0.05, 0) is 36.2 Å². The molecule has 1 aromatic carbocycles. The highest BCUT2D eigenvalue weighted by Crippen LogP contribution is 2.16. The van der Waals surface area contributed by atoms with Crippen molar-refractivity contribution < 1.29 is 4.39 Å². The zero-order valence-electron chi connectivity index (χ0n) is 15.5. The minimum absolute atomic E-state index is 0.218. The monoisotopic (exact) mass is 379 g/mol. The molecule has 3 aromatic rings. The summed E-state index contributed by atoms with van der Waals surface area (Å²) in [6.07, 6.45) is 4.22. The minimum atomic E-state index is -0.218. The molecule has 0 amide bonds. The van der Waals surface area contributed by atoms with Crippen molar-refractivity contribution in [2.75, 3.05) is 47.8 Å². The lowest BCUT2D eigenvalue weighted by Crippen LogP contribution is -2.47. The maximum atomic E-state index is 13.0. The summed E-state index contributed by atoms with van der Waals surface area (Å²) in [5.41, 5.74) is 1.07. The molecule has 0 radical (unpaired) electrons. The molecule has 1 saturated heterocycles. The van der Waals surface area contributed by atoms with Crippen LogP contribution >= 0.6 is 0 Å². The predicted molar refractivity (Wildman–Crippen MR) is 107 cm³/mol. The fourth-order valence-electron chi connectivity index (χ4n) is 3.18. The van der Waals surface area contributed by atoms with Crippen LogP contribution in [0.5, 0.6) is 0 Å². The van der Waals surface area contributed by atoms with Gasteiger partial charge in [-0.15, -0.1) is 5.10 Å². The summed E-state index contributed by atoms with van der Waals surface area (Å²) in [4.78, 5) is 13.4. The van der Waals surface area contributed by atoms with E-state index in [4.69, 9.17) is 0 Å². The van der Waals surface area contributed by atoms with Gasteiger partial charge in [0.05, 0.1) is 6.20 Å². The number of benzene rings is 1. The van der Waals surface area contributed by atoms with Crippen molar-refractivity contribution in [3.05, 3.63) is 66.2 Å². The summed E-state index contributed by atoms with van der Waals surface area (Å²) in [5, 5.41) is 11.5. The van der Waals surface area contributed by atoms with Crippen molar-refractivity contribution in [3.63, 3.8) is 0 Å². The van der Waals surface area contributed by atoms with Crippen molar-refractivity contribution in [1.29, 1.82) is 0 Å². The molecule has 1 fully saturated rings. The highest BCUT2D eigenvalue weighted by Gasteiger charge is 2.20. The number of anilines is 3. The number of hydrogen-bond acceptors (Lipinski definition) is 7. The average molecular weight is 379 g/mol. The number of nitrogens with zero attached hydrogens (tertiary/aromatic N) is 6. The van der Waals surface area contributed by atoms with Crippen LogP contribution in [0.15, 0.2) is 54.9 Å². The molecule has 144 valence electrons. The van der Waals surface area contributed by atoms with Gasteiger partial charge in [0.15, 0.2) is 5.82 Å². The molecule has 0 atom stereocenters. The van der Waals surface area contributed by atoms with Gasteiger partial charge in [-0.2, -0.15) is 10.1 Å². The number of pyridine rings is 1. The van der Waals surface area contributed by atoms with Crippen LogP contribution in [0.3, 0.4) is 0 Å². The minimum Gasteiger partial charge on any atom is -0.368 e. The van der Waals surface area contributed by atoms with Crippen LogP contribution in [0.1, 0.15) is 5.56 Å². The molecule has 1 N–H and O–H groups in total. The van der Waals surface area contributed by atoms with Crippen LogP contribution in [0.4, 0.5) is 22.0 Å². The Kier molecular flexibility index (Phi) is 5.56. The first kappa shape index (κ1) is 18.1. The van der Waals surface area contributed by atoms with E-state index in [2.05, 4.69) is 35.3 Å². The molecule has 2 aromatic heterocycles. The van der Waals surface area contributed by atoms with Crippen LogP contribution in [0, 0.1) is 5.82 Å². The Morgan fingerprint density at radius 3 is 2.50 bits per heavy atom. The smallest absolute Gasteiger partial charge is 0.247 e. The van der Waals surface area contributed by atoms with Gasteiger partial charge in [-0.25, -0.2) is 9.37 Å². The van der Waals surface area contributed by atoms with Gasteiger partial charge in [-0.3, -0.25) is 0 Å². The Hall–Kier alpha value is -3.29. The second-order valence-electron chi connectivity index (χ2n) is 6.61. The first-order chi connectivity index (χ1) is 13.8. The summed E-state index contributed by atoms with van der Waals surface area (Å²) in [6.45, 7) is 4.05. The van der Waals surface area contributed by atoms with E-state index in [1.165, 1.54) is 12.1 Å². The molecule has 7 nitrogen and oxygen atoms in total. The van der Waals surface area contributed by atoms with E-state index >= 15 is 0 Å². The van der Waals surface area contributed by atoms with Crippen LogP contribution < -0.4 is 15.1 Å². The van der Waals surface area contributed by atoms with Crippen LogP contribution in [0.2, 0.25) is 0 Å². The van der Waals surface area contributed by atoms with Crippen LogP contribution in [-0.2, 0) is 6.42 Å². The third-order valence-electron chi connectivity index (χ3n) is 4.72. The fraction of sp³-hybridized carbons (Fsp3) is 0.300. The lowest BCUT2D eigenvalue weighted by atomic mass is 10.1. The van der Waals surface area contributed by atoms with Crippen LogP contribution in [0.25, 0.3) is 0 Å². The molecular formula is C20H22FN7.